The summed E-state index contributed by atoms with van der Waals surface area (Å²) in [6.07, 6.45) is 0. The van der Waals surface area contributed by atoms with E-state index in [1.165, 1.54) is 0 Å². The molecule has 1 atom stereocenters. The van der Waals surface area contributed by atoms with E-state index < -0.39 is 30.3 Å². The Hall–Kier alpha value is -1.34. The predicted molar refractivity (Wildman–Crippen MR) is 60.7 cm³/mol. The van der Waals surface area contributed by atoms with Gasteiger partial charge in [-0.05, 0) is 20.8 Å². The zero-order valence-corrected chi connectivity index (χ0v) is 10.3. The number of hydrogen-bond donors (Lipinski definition) is 4. The second-order valence-corrected chi connectivity index (χ2v) is 4.09. The predicted octanol–water partition coefficient (Wildman–Crippen LogP) is -0.454. The Bertz CT molecular complexity index is 267. The first-order valence-electron chi connectivity index (χ1n) is 5.34. The summed E-state index contributed by atoms with van der Waals surface area (Å²) in [4.78, 5) is 21.9. The van der Waals surface area contributed by atoms with Gasteiger partial charge in [-0.3, -0.25) is 0 Å². The highest BCUT2D eigenvalue weighted by atomic mass is 16.5. The summed E-state index contributed by atoms with van der Waals surface area (Å²) in [5.41, 5.74) is -0.524. The van der Waals surface area contributed by atoms with Crippen molar-refractivity contribution in [2.24, 2.45) is 0 Å². The molecule has 0 rings (SSSR count). The van der Waals surface area contributed by atoms with Crippen LogP contribution in [0.1, 0.15) is 20.8 Å². The molecule has 0 heterocycles. The monoisotopic (exact) mass is 248 g/mol. The Morgan fingerprint density at radius 3 is 2.41 bits per heavy atom. The van der Waals surface area contributed by atoms with Crippen LogP contribution in [0.25, 0.3) is 0 Å². The molecule has 0 aromatic rings. The Morgan fingerprint density at radius 1 is 1.41 bits per heavy atom. The van der Waals surface area contributed by atoms with E-state index in [-0.39, 0.29) is 6.54 Å². The lowest BCUT2D eigenvalue weighted by Crippen LogP contribution is -2.51. The molecule has 100 valence electrons. The molecule has 0 unspecified atom stereocenters. The van der Waals surface area contributed by atoms with Gasteiger partial charge in [-0.15, -0.1) is 0 Å². The molecule has 0 radical (unpaired) electrons. The first kappa shape index (κ1) is 15.7. The second-order valence-electron chi connectivity index (χ2n) is 4.09. The number of carboxylic acids is 1. The highest BCUT2D eigenvalue weighted by Gasteiger charge is 2.21. The average molecular weight is 248 g/mol. The summed E-state index contributed by atoms with van der Waals surface area (Å²) in [6, 6.07) is -1.95. The van der Waals surface area contributed by atoms with Crippen molar-refractivity contribution in [2.45, 2.75) is 32.4 Å². The SMILES string of the molecule is CCOC(C)(C)CNC(=O)N[C@@H](CO)C(=O)O. The molecule has 0 aromatic carbocycles. The van der Waals surface area contributed by atoms with Gasteiger partial charge in [-0.25, -0.2) is 9.59 Å². The molecule has 4 N–H and O–H groups in total. The Balaban J connectivity index is 4.06. The fourth-order valence-corrected chi connectivity index (χ4v) is 1.13. The van der Waals surface area contributed by atoms with E-state index in [1.807, 2.05) is 6.92 Å². The number of urea groups is 1. The molecule has 0 bridgehead atoms. The van der Waals surface area contributed by atoms with E-state index in [1.54, 1.807) is 13.8 Å². The third kappa shape index (κ3) is 6.75. The van der Waals surface area contributed by atoms with Crippen molar-refractivity contribution >= 4 is 12.0 Å². The molecule has 7 nitrogen and oxygen atoms in total. The number of aliphatic hydroxyl groups is 1. The van der Waals surface area contributed by atoms with E-state index in [0.717, 1.165) is 0 Å². The normalized spacial score (nSPS) is 12.9. The molecular formula is C10H20N2O5. The standard InChI is InChI=1S/C10H20N2O5/c1-4-17-10(2,3)6-11-9(16)12-7(5-13)8(14)15/h7,13H,4-6H2,1-3H3,(H,14,15)(H2,11,12,16)/t7-/m0/s1. The maximum atomic E-state index is 11.3. The summed E-state index contributed by atoms with van der Waals surface area (Å²) < 4.78 is 5.35. The van der Waals surface area contributed by atoms with E-state index in [4.69, 9.17) is 14.9 Å². The van der Waals surface area contributed by atoms with Crippen LogP contribution in [0, 0.1) is 0 Å². The Labute approximate surface area is 100 Å². The van der Waals surface area contributed by atoms with Crippen LogP contribution < -0.4 is 10.6 Å². The van der Waals surface area contributed by atoms with Gasteiger partial charge in [0.2, 0.25) is 0 Å². The number of carbonyl (C=O) groups excluding carboxylic acids is 1. The summed E-state index contributed by atoms with van der Waals surface area (Å²) in [5.74, 6) is -1.29. The van der Waals surface area contributed by atoms with Crippen molar-refractivity contribution in [3.63, 3.8) is 0 Å². The third-order valence-corrected chi connectivity index (χ3v) is 2.00. The van der Waals surface area contributed by atoms with Crippen LogP contribution in [-0.4, -0.2) is 53.6 Å². The first-order chi connectivity index (χ1) is 7.82. The third-order valence-electron chi connectivity index (χ3n) is 2.00. The summed E-state index contributed by atoms with van der Waals surface area (Å²) in [6.45, 7) is 5.55. The first-order valence-corrected chi connectivity index (χ1v) is 5.34. The molecule has 0 fully saturated rings. The minimum atomic E-state index is -1.30. The van der Waals surface area contributed by atoms with Gasteiger partial charge in [0.05, 0.1) is 12.2 Å². The molecule has 0 aromatic heterocycles. The lowest BCUT2D eigenvalue weighted by atomic mass is 10.1. The van der Waals surface area contributed by atoms with Gasteiger partial charge in [0.1, 0.15) is 0 Å². The van der Waals surface area contributed by atoms with E-state index in [9.17, 15) is 9.59 Å². The van der Waals surface area contributed by atoms with Gasteiger partial charge in [-0.1, -0.05) is 0 Å². The molecule has 0 spiro atoms. The van der Waals surface area contributed by atoms with Crippen LogP contribution in [0.2, 0.25) is 0 Å². The van der Waals surface area contributed by atoms with Crippen molar-refractivity contribution < 1.29 is 24.5 Å². The van der Waals surface area contributed by atoms with E-state index in [0.29, 0.717) is 6.61 Å². The minimum Gasteiger partial charge on any atom is -0.480 e. The number of carbonyl (C=O) groups is 2. The second kappa shape index (κ2) is 7.08. The highest BCUT2D eigenvalue weighted by molar-refractivity contribution is 5.82. The van der Waals surface area contributed by atoms with Gasteiger partial charge in [0.25, 0.3) is 0 Å². The number of rotatable bonds is 7. The van der Waals surface area contributed by atoms with Gasteiger partial charge >= 0.3 is 12.0 Å². The fraction of sp³-hybridized carbons (Fsp3) is 0.800. The van der Waals surface area contributed by atoms with Crippen LogP contribution in [0.15, 0.2) is 0 Å². The van der Waals surface area contributed by atoms with Crippen molar-refractivity contribution in [1.82, 2.24) is 10.6 Å². The Morgan fingerprint density at radius 2 is 2.00 bits per heavy atom. The molecule has 0 aliphatic rings. The van der Waals surface area contributed by atoms with Gasteiger partial charge < -0.3 is 25.6 Å². The number of hydrogen-bond acceptors (Lipinski definition) is 4. The average Bonchev–Trinajstić information content (AvgIpc) is 2.22. The topological polar surface area (TPSA) is 108 Å². The fourth-order valence-electron chi connectivity index (χ4n) is 1.13. The van der Waals surface area contributed by atoms with Crippen LogP contribution >= 0.6 is 0 Å². The molecule has 17 heavy (non-hydrogen) atoms. The largest absolute Gasteiger partial charge is 0.480 e. The molecule has 2 amide bonds. The molecule has 0 aliphatic heterocycles. The number of amides is 2. The van der Waals surface area contributed by atoms with Crippen LogP contribution in [-0.2, 0) is 9.53 Å². The van der Waals surface area contributed by atoms with Crippen molar-refractivity contribution in [3.8, 4) is 0 Å². The molecule has 0 aliphatic carbocycles. The van der Waals surface area contributed by atoms with Crippen LogP contribution in [0.5, 0.6) is 0 Å². The van der Waals surface area contributed by atoms with Crippen molar-refractivity contribution in [1.29, 1.82) is 0 Å². The lowest BCUT2D eigenvalue weighted by molar-refractivity contribution is -0.140. The summed E-state index contributed by atoms with van der Waals surface area (Å²) in [7, 11) is 0. The minimum absolute atomic E-state index is 0.241. The van der Waals surface area contributed by atoms with E-state index >= 15 is 0 Å². The zero-order chi connectivity index (χ0) is 13.5. The number of nitrogens with one attached hydrogen (secondary N) is 2. The van der Waals surface area contributed by atoms with Gasteiger partial charge in [-0.2, -0.15) is 0 Å². The maximum Gasteiger partial charge on any atom is 0.328 e. The molecule has 0 saturated carbocycles. The van der Waals surface area contributed by atoms with Gasteiger partial charge in [0.15, 0.2) is 6.04 Å². The summed E-state index contributed by atoms with van der Waals surface area (Å²) in [5, 5.41) is 21.9. The zero-order valence-electron chi connectivity index (χ0n) is 10.3. The van der Waals surface area contributed by atoms with Crippen LogP contribution in [0.3, 0.4) is 0 Å². The smallest absolute Gasteiger partial charge is 0.328 e. The van der Waals surface area contributed by atoms with Gasteiger partial charge in [0, 0.05) is 13.2 Å². The molecular weight excluding hydrogens is 228 g/mol. The Kier molecular flexibility index (Phi) is 6.52. The number of carboxylic acid groups (broad SMARTS) is 1. The van der Waals surface area contributed by atoms with E-state index in [2.05, 4.69) is 10.6 Å². The van der Waals surface area contributed by atoms with Crippen molar-refractivity contribution in [2.75, 3.05) is 19.8 Å². The number of ether oxygens (including phenoxy) is 1. The van der Waals surface area contributed by atoms with Crippen molar-refractivity contribution in [3.05, 3.63) is 0 Å². The maximum absolute atomic E-state index is 11.3. The summed E-state index contributed by atoms with van der Waals surface area (Å²) >= 11 is 0. The highest BCUT2D eigenvalue weighted by Crippen LogP contribution is 2.06. The molecule has 0 saturated heterocycles. The molecule has 7 heteroatoms. The lowest BCUT2D eigenvalue weighted by Gasteiger charge is -2.25. The van der Waals surface area contributed by atoms with Crippen LogP contribution in [0.4, 0.5) is 4.79 Å². The number of aliphatic carboxylic acids is 1. The quantitative estimate of drug-likeness (QED) is 0.488. The number of aliphatic hydroxyl groups excluding tert-OH is 1.